The Morgan fingerprint density at radius 2 is 1.64 bits per heavy atom. The molecule has 134 valence electrons. The van der Waals surface area contributed by atoms with Gasteiger partial charge in [-0.2, -0.15) is 0 Å². The van der Waals surface area contributed by atoms with Crippen LogP contribution in [0, 0.1) is 0 Å². The van der Waals surface area contributed by atoms with Crippen LogP contribution in [-0.2, 0) is 21.2 Å². The van der Waals surface area contributed by atoms with E-state index in [1.807, 2.05) is 0 Å². The molecule has 5 nitrogen and oxygen atoms in total. The quantitative estimate of drug-likeness (QED) is 0.774. The summed E-state index contributed by atoms with van der Waals surface area (Å²) in [6, 6.07) is 14.9. The number of morpholine rings is 1. The molecule has 2 aromatic rings. The first-order valence-corrected chi connectivity index (χ1v) is 10.5. The highest BCUT2D eigenvalue weighted by Crippen LogP contribution is 2.17. The van der Waals surface area contributed by atoms with Crippen molar-refractivity contribution in [3.8, 4) is 0 Å². The number of rotatable bonds is 6. The second-order valence-corrected chi connectivity index (χ2v) is 8.55. The summed E-state index contributed by atoms with van der Waals surface area (Å²) >= 11 is 3.30. The van der Waals surface area contributed by atoms with Crippen LogP contribution in [0.25, 0.3) is 0 Å². The Hall–Kier alpha value is -1.41. The van der Waals surface area contributed by atoms with Crippen LogP contribution in [0.15, 0.2) is 57.9 Å². The fourth-order valence-electron chi connectivity index (χ4n) is 2.72. The lowest BCUT2D eigenvalue weighted by Gasteiger charge is -2.28. The third-order valence-corrected chi connectivity index (χ3v) is 6.15. The monoisotopic (exact) mass is 424 g/mol. The number of halogens is 1. The number of ether oxygens (including phenoxy) is 1. The molecule has 0 radical (unpaired) electrons. The third kappa shape index (κ3) is 5.04. The zero-order valence-corrected chi connectivity index (χ0v) is 16.2. The number of benzene rings is 2. The summed E-state index contributed by atoms with van der Waals surface area (Å²) in [5.41, 5.74) is 2.29. The van der Waals surface area contributed by atoms with Crippen LogP contribution in [0.4, 0.5) is 5.69 Å². The van der Waals surface area contributed by atoms with E-state index in [9.17, 15) is 8.42 Å². The maximum absolute atomic E-state index is 12.2. The van der Waals surface area contributed by atoms with Crippen molar-refractivity contribution in [3.05, 3.63) is 58.6 Å². The van der Waals surface area contributed by atoms with Crippen LogP contribution >= 0.6 is 15.9 Å². The highest BCUT2D eigenvalue weighted by Gasteiger charge is 2.13. The molecule has 0 atom stereocenters. The minimum atomic E-state index is -3.47. The van der Waals surface area contributed by atoms with E-state index in [-0.39, 0.29) is 4.90 Å². The minimum Gasteiger partial charge on any atom is -0.378 e. The molecule has 2 aromatic carbocycles. The van der Waals surface area contributed by atoms with E-state index in [0.717, 1.165) is 36.3 Å². The first-order valence-electron chi connectivity index (χ1n) is 8.21. The average molecular weight is 425 g/mol. The van der Waals surface area contributed by atoms with Gasteiger partial charge in [-0.3, -0.25) is 0 Å². The van der Waals surface area contributed by atoms with Gasteiger partial charge in [0.2, 0.25) is 10.0 Å². The second-order valence-electron chi connectivity index (χ2n) is 5.87. The predicted molar refractivity (Wildman–Crippen MR) is 103 cm³/mol. The standard InChI is InChI=1S/C18H21BrN2O3S/c19-16-3-7-18(8-4-16)25(22,23)20-10-9-15-1-5-17(6-2-15)21-11-13-24-14-12-21/h1-8,20H,9-14H2. The number of hydrogen-bond acceptors (Lipinski definition) is 4. The molecule has 0 spiro atoms. The van der Waals surface area contributed by atoms with Gasteiger partial charge in [-0.15, -0.1) is 0 Å². The largest absolute Gasteiger partial charge is 0.378 e. The summed E-state index contributed by atoms with van der Waals surface area (Å²) in [7, 11) is -3.47. The van der Waals surface area contributed by atoms with E-state index >= 15 is 0 Å². The van der Waals surface area contributed by atoms with Crippen LogP contribution in [0.3, 0.4) is 0 Å². The molecule has 0 aromatic heterocycles. The lowest BCUT2D eigenvalue weighted by Crippen LogP contribution is -2.36. The van der Waals surface area contributed by atoms with Gasteiger partial charge >= 0.3 is 0 Å². The Kier molecular flexibility index (Phi) is 6.11. The Bertz CT molecular complexity index is 786. The molecule has 1 aliphatic heterocycles. The van der Waals surface area contributed by atoms with E-state index in [1.54, 1.807) is 24.3 Å². The van der Waals surface area contributed by atoms with Gasteiger partial charge in [0.15, 0.2) is 0 Å². The van der Waals surface area contributed by atoms with Crippen molar-refractivity contribution in [1.82, 2.24) is 4.72 Å². The Balaban J connectivity index is 1.54. The highest BCUT2D eigenvalue weighted by atomic mass is 79.9. The first-order chi connectivity index (χ1) is 12.0. The molecule has 1 aliphatic rings. The maximum atomic E-state index is 12.2. The van der Waals surface area contributed by atoms with Gasteiger partial charge in [0.25, 0.3) is 0 Å². The van der Waals surface area contributed by atoms with E-state index in [4.69, 9.17) is 4.74 Å². The number of anilines is 1. The number of nitrogens with one attached hydrogen (secondary N) is 1. The molecule has 1 N–H and O–H groups in total. The van der Waals surface area contributed by atoms with Crippen LogP contribution in [-0.4, -0.2) is 41.3 Å². The topological polar surface area (TPSA) is 58.6 Å². The van der Waals surface area contributed by atoms with Crippen molar-refractivity contribution < 1.29 is 13.2 Å². The summed E-state index contributed by atoms with van der Waals surface area (Å²) < 4.78 is 33.4. The second kappa shape index (κ2) is 8.31. The van der Waals surface area contributed by atoms with Crippen LogP contribution in [0.2, 0.25) is 0 Å². The SMILES string of the molecule is O=S(=O)(NCCc1ccc(N2CCOCC2)cc1)c1ccc(Br)cc1. The molecule has 7 heteroatoms. The Morgan fingerprint density at radius 1 is 1.00 bits per heavy atom. The van der Waals surface area contributed by atoms with Crippen molar-refractivity contribution in [2.75, 3.05) is 37.7 Å². The predicted octanol–water partition coefficient (Wildman–Crippen LogP) is 2.81. The molecule has 0 bridgehead atoms. The van der Waals surface area contributed by atoms with Crippen LogP contribution < -0.4 is 9.62 Å². The average Bonchev–Trinajstić information content (AvgIpc) is 2.63. The van der Waals surface area contributed by atoms with Crippen LogP contribution in [0.1, 0.15) is 5.56 Å². The van der Waals surface area contributed by atoms with Gasteiger partial charge in [-0.1, -0.05) is 28.1 Å². The van der Waals surface area contributed by atoms with Crippen molar-refractivity contribution >= 4 is 31.6 Å². The number of nitrogens with zero attached hydrogens (tertiary/aromatic N) is 1. The molecule has 0 amide bonds. The molecule has 0 saturated carbocycles. The summed E-state index contributed by atoms with van der Waals surface area (Å²) in [5, 5.41) is 0. The van der Waals surface area contributed by atoms with Crippen molar-refractivity contribution in [2.45, 2.75) is 11.3 Å². The molecule has 3 rings (SSSR count). The zero-order chi connectivity index (χ0) is 17.7. The third-order valence-electron chi connectivity index (χ3n) is 4.14. The molecule has 0 unspecified atom stereocenters. The summed E-state index contributed by atoms with van der Waals surface area (Å²) in [6.07, 6.45) is 0.652. The fourth-order valence-corrected chi connectivity index (χ4v) is 4.02. The number of hydrogen-bond donors (Lipinski definition) is 1. The van der Waals surface area contributed by atoms with Gasteiger partial charge in [0.1, 0.15) is 0 Å². The summed E-state index contributed by atoms with van der Waals surface area (Å²) in [5.74, 6) is 0. The van der Waals surface area contributed by atoms with E-state index in [0.29, 0.717) is 13.0 Å². The lowest BCUT2D eigenvalue weighted by atomic mass is 10.1. The zero-order valence-electron chi connectivity index (χ0n) is 13.8. The summed E-state index contributed by atoms with van der Waals surface area (Å²) in [6.45, 7) is 3.72. The first kappa shape index (κ1) is 18.4. The van der Waals surface area contributed by atoms with Gasteiger partial charge < -0.3 is 9.64 Å². The molecular weight excluding hydrogens is 404 g/mol. The van der Waals surface area contributed by atoms with Crippen molar-refractivity contribution in [2.24, 2.45) is 0 Å². The van der Waals surface area contributed by atoms with Gasteiger partial charge in [0.05, 0.1) is 18.1 Å². The molecule has 1 heterocycles. The molecule has 1 saturated heterocycles. The van der Waals surface area contributed by atoms with Gasteiger partial charge in [-0.25, -0.2) is 13.1 Å². The van der Waals surface area contributed by atoms with Crippen molar-refractivity contribution in [1.29, 1.82) is 0 Å². The van der Waals surface area contributed by atoms with E-state index in [1.165, 1.54) is 5.69 Å². The van der Waals surface area contributed by atoms with Gasteiger partial charge in [-0.05, 0) is 48.4 Å². The normalized spacial score (nSPS) is 15.3. The summed E-state index contributed by atoms with van der Waals surface area (Å²) in [4.78, 5) is 2.57. The van der Waals surface area contributed by atoms with Crippen LogP contribution in [0.5, 0.6) is 0 Å². The minimum absolute atomic E-state index is 0.276. The molecular formula is C18H21BrN2O3S. The fraction of sp³-hybridized carbons (Fsp3) is 0.333. The van der Waals surface area contributed by atoms with Gasteiger partial charge in [0, 0.05) is 29.8 Å². The molecule has 25 heavy (non-hydrogen) atoms. The van der Waals surface area contributed by atoms with Crippen molar-refractivity contribution in [3.63, 3.8) is 0 Å². The number of sulfonamides is 1. The van der Waals surface area contributed by atoms with E-state index < -0.39 is 10.0 Å². The molecule has 1 fully saturated rings. The smallest absolute Gasteiger partial charge is 0.240 e. The Labute approximate surface area is 157 Å². The molecule has 0 aliphatic carbocycles. The highest BCUT2D eigenvalue weighted by molar-refractivity contribution is 9.10. The van der Waals surface area contributed by atoms with E-state index in [2.05, 4.69) is 49.8 Å². The Morgan fingerprint density at radius 3 is 2.28 bits per heavy atom. The maximum Gasteiger partial charge on any atom is 0.240 e. The lowest BCUT2D eigenvalue weighted by molar-refractivity contribution is 0.122.